The lowest BCUT2D eigenvalue weighted by Gasteiger charge is -2.33. The summed E-state index contributed by atoms with van der Waals surface area (Å²) < 4.78 is 155. The molecule has 27 heavy (non-hydrogen) atoms. The van der Waals surface area contributed by atoms with Crippen molar-refractivity contribution in [2.75, 3.05) is 0 Å². The molecule has 0 fully saturated rings. The van der Waals surface area contributed by atoms with E-state index in [1.165, 1.54) is 0 Å². The van der Waals surface area contributed by atoms with Crippen LogP contribution < -0.4 is 0 Å². The lowest BCUT2D eigenvalue weighted by atomic mass is 10.1. The molecule has 0 heterocycles. The molecular formula is C11H8F12O4. The predicted octanol–water partition coefficient (Wildman–Crippen LogP) is 4.09. The standard InChI is InChI=1S/C11H8F12O4/c1-3(4(24)26-6(8(12,13)14)9(15,16)17)5(25)27-7(2,10(18,19)20)11(21,22)23/h3,6H,1-2H3. The zero-order chi connectivity index (χ0) is 22.2. The van der Waals surface area contributed by atoms with Crippen molar-refractivity contribution < 1.29 is 71.7 Å². The summed E-state index contributed by atoms with van der Waals surface area (Å²) in [5.41, 5.74) is -5.18. The topological polar surface area (TPSA) is 52.6 Å². The molecule has 0 radical (unpaired) electrons. The summed E-state index contributed by atoms with van der Waals surface area (Å²) in [5, 5.41) is 0. The quantitative estimate of drug-likeness (QED) is 0.382. The van der Waals surface area contributed by atoms with Gasteiger partial charge in [-0.3, -0.25) is 9.59 Å². The van der Waals surface area contributed by atoms with Gasteiger partial charge in [0.05, 0.1) is 0 Å². The van der Waals surface area contributed by atoms with Crippen LogP contribution in [0.3, 0.4) is 0 Å². The van der Waals surface area contributed by atoms with Crippen molar-refractivity contribution >= 4 is 11.9 Å². The lowest BCUT2D eigenvalue weighted by molar-refractivity contribution is -0.363. The van der Waals surface area contributed by atoms with E-state index in [0.717, 1.165) is 0 Å². The van der Waals surface area contributed by atoms with Crippen LogP contribution in [-0.2, 0) is 19.1 Å². The lowest BCUT2D eigenvalue weighted by Crippen LogP contribution is -2.58. The van der Waals surface area contributed by atoms with E-state index in [-0.39, 0.29) is 6.92 Å². The average Bonchev–Trinajstić information content (AvgIpc) is 2.38. The molecule has 0 spiro atoms. The molecule has 1 unspecified atom stereocenters. The SMILES string of the molecule is CC(C(=O)OC(C(F)(F)F)C(F)(F)F)C(=O)OC(C)(C(F)(F)F)C(F)(F)F. The Morgan fingerprint density at radius 2 is 1.04 bits per heavy atom. The number of rotatable bonds is 4. The Kier molecular flexibility index (Phi) is 6.75. The highest BCUT2D eigenvalue weighted by Crippen LogP contribution is 2.46. The fraction of sp³-hybridized carbons (Fsp3) is 0.818. The Morgan fingerprint density at radius 1 is 0.704 bits per heavy atom. The maximum atomic E-state index is 12.5. The van der Waals surface area contributed by atoms with Gasteiger partial charge in [0.2, 0.25) is 0 Å². The molecule has 160 valence electrons. The van der Waals surface area contributed by atoms with Gasteiger partial charge in [-0.1, -0.05) is 0 Å². The highest BCUT2D eigenvalue weighted by Gasteiger charge is 2.71. The summed E-state index contributed by atoms with van der Waals surface area (Å²) in [6.45, 7) is -0.571. The van der Waals surface area contributed by atoms with E-state index in [2.05, 4.69) is 9.47 Å². The third-order valence-corrected chi connectivity index (χ3v) is 2.92. The number of halogens is 12. The van der Waals surface area contributed by atoms with Crippen molar-refractivity contribution in [3.63, 3.8) is 0 Å². The van der Waals surface area contributed by atoms with Gasteiger partial charge in [-0.05, 0) is 13.8 Å². The van der Waals surface area contributed by atoms with E-state index in [0.29, 0.717) is 0 Å². The maximum Gasteiger partial charge on any atom is 0.437 e. The van der Waals surface area contributed by atoms with Gasteiger partial charge in [-0.25, -0.2) is 0 Å². The van der Waals surface area contributed by atoms with E-state index >= 15 is 0 Å². The highest BCUT2D eigenvalue weighted by atomic mass is 19.4. The Morgan fingerprint density at radius 3 is 1.30 bits per heavy atom. The molecule has 0 rings (SSSR count). The molecule has 0 aliphatic heterocycles. The molecule has 1 atom stereocenters. The summed E-state index contributed by atoms with van der Waals surface area (Å²) >= 11 is 0. The van der Waals surface area contributed by atoms with Crippen molar-refractivity contribution in [1.82, 2.24) is 0 Å². The van der Waals surface area contributed by atoms with Crippen LogP contribution in [0.5, 0.6) is 0 Å². The van der Waals surface area contributed by atoms with Crippen LogP contribution in [0.15, 0.2) is 0 Å². The maximum absolute atomic E-state index is 12.5. The first-order valence-corrected chi connectivity index (χ1v) is 6.26. The second kappa shape index (κ2) is 7.26. The summed E-state index contributed by atoms with van der Waals surface area (Å²) in [6.07, 6.45) is -29.7. The van der Waals surface area contributed by atoms with Gasteiger partial charge in [0.15, 0.2) is 5.92 Å². The van der Waals surface area contributed by atoms with Crippen LogP contribution in [0.4, 0.5) is 52.7 Å². The van der Waals surface area contributed by atoms with Crippen LogP contribution in [0.2, 0.25) is 0 Å². The number of hydrogen-bond donors (Lipinski definition) is 0. The van der Waals surface area contributed by atoms with Gasteiger partial charge >= 0.3 is 36.6 Å². The van der Waals surface area contributed by atoms with Crippen LogP contribution in [0, 0.1) is 5.92 Å². The largest absolute Gasteiger partial charge is 0.442 e. The summed E-state index contributed by atoms with van der Waals surface area (Å²) in [5.74, 6) is -8.38. The molecule has 16 heteroatoms. The molecule has 0 aliphatic rings. The van der Waals surface area contributed by atoms with Gasteiger partial charge in [0, 0.05) is 0 Å². The number of hydrogen-bond acceptors (Lipinski definition) is 4. The molecule has 0 aliphatic carbocycles. The van der Waals surface area contributed by atoms with Crippen LogP contribution >= 0.6 is 0 Å². The summed E-state index contributed by atoms with van der Waals surface area (Å²) in [6, 6.07) is 0. The fourth-order valence-electron chi connectivity index (χ4n) is 1.20. The molecule has 0 amide bonds. The van der Waals surface area contributed by atoms with Crippen LogP contribution in [0.25, 0.3) is 0 Å². The highest BCUT2D eigenvalue weighted by molar-refractivity contribution is 5.94. The fourth-order valence-corrected chi connectivity index (χ4v) is 1.20. The molecule has 4 nitrogen and oxygen atoms in total. The Balaban J connectivity index is 5.53. The first-order chi connectivity index (χ1) is 11.6. The molecule has 0 saturated carbocycles. The normalized spacial score (nSPS) is 15.5. The monoisotopic (exact) mass is 432 g/mol. The minimum atomic E-state index is -6.27. The third-order valence-electron chi connectivity index (χ3n) is 2.92. The minimum absolute atomic E-state index is 0.0989. The van der Waals surface area contributed by atoms with E-state index in [9.17, 15) is 62.3 Å². The molecule has 0 N–H and O–H groups in total. The molecule has 0 aromatic rings. The second-order valence-corrected chi connectivity index (χ2v) is 5.07. The Bertz CT molecular complexity index is 528. The zero-order valence-corrected chi connectivity index (χ0v) is 12.8. The van der Waals surface area contributed by atoms with Crippen LogP contribution in [0.1, 0.15) is 13.8 Å². The number of carbonyl (C=O) groups excluding carboxylic acids is 2. The third kappa shape index (κ3) is 5.79. The van der Waals surface area contributed by atoms with Crippen molar-refractivity contribution in [3.8, 4) is 0 Å². The van der Waals surface area contributed by atoms with Crippen LogP contribution in [-0.4, -0.2) is 48.3 Å². The van der Waals surface area contributed by atoms with Gasteiger partial charge in [0.1, 0.15) is 0 Å². The van der Waals surface area contributed by atoms with E-state index in [4.69, 9.17) is 0 Å². The minimum Gasteiger partial charge on any atom is -0.442 e. The Labute approximate surface area is 141 Å². The van der Waals surface area contributed by atoms with Crippen molar-refractivity contribution in [3.05, 3.63) is 0 Å². The molecule has 0 aromatic carbocycles. The average molecular weight is 432 g/mol. The van der Waals surface area contributed by atoms with E-state index in [1.54, 1.807) is 0 Å². The summed E-state index contributed by atoms with van der Waals surface area (Å²) in [4.78, 5) is 22.5. The van der Waals surface area contributed by atoms with E-state index < -0.39 is 61.2 Å². The molecular weight excluding hydrogens is 424 g/mol. The number of ether oxygens (including phenoxy) is 2. The van der Waals surface area contributed by atoms with Crippen molar-refractivity contribution in [2.24, 2.45) is 5.92 Å². The second-order valence-electron chi connectivity index (χ2n) is 5.07. The Hall–Kier alpha value is -1.90. The number of esters is 2. The van der Waals surface area contributed by atoms with Gasteiger partial charge in [-0.2, -0.15) is 52.7 Å². The summed E-state index contributed by atoms with van der Waals surface area (Å²) in [7, 11) is 0. The zero-order valence-electron chi connectivity index (χ0n) is 12.8. The molecule has 0 saturated heterocycles. The first kappa shape index (κ1) is 25.1. The molecule has 0 aromatic heterocycles. The van der Waals surface area contributed by atoms with Crippen molar-refractivity contribution in [2.45, 2.75) is 50.3 Å². The van der Waals surface area contributed by atoms with Crippen molar-refractivity contribution in [1.29, 1.82) is 0 Å². The van der Waals surface area contributed by atoms with Gasteiger partial charge < -0.3 is 9.47 Å². The van der Waals surface area contributed by atoms with Gasteiger partial charge in [-0.15, -0.1) is 0 Å². The van der Waals surface area contributed by atoms with Gasteiger partial charge in [0.25, 0.3) is 11.7 Å². The first-order valence-electron chi connectivity index (χ1n) is 6.26. The predicted molar refractivity (Wildman–Crippen MR) is 57.8 cm³/mol. The number of alkyl halides is 12. The van der Waals surface area contributed by atoms with E-state index in [1.807, 2.05) is 0 Å². The molecule has 0 bridgehead atoms. The smallest absolute Gasteiger partial charge is 0.437 e. The number of carbonyl (C=O) groups is 2.